The molecule has 8 heteroatoms. The van der Waals surface area contributed by atoms with Crippen molar-refractivity contribution < 1.29 is 23.9 Å². The number of nitrogens with one attached hydrogen (secondary N) is 1. The van der Waals surface area contributed by atoms with E-state index >= 15 is 0 Å². The molecule has 1 aliphatic rings. The van der Waals surface area contributed by atoms with Crippen LogP contribution in [-0.4, -0.2) is 53.2 Å². The van der Waals surface area contributed by atoms with Crippen molar-refractivity contribution in [2.75, 3.05) is 25.4 Å². The number of nitrogens with zero attached hydrogens (tertiary/aromatic N) is 1. The third-order valence-electron chi connectivity index (χ3n) is 3.56. The first kappa shape index (κ1) is 19.0. The van der Waals surface area contributed by atoms with E-state index < -0.39 is 0 Å². The Morgan fingerprint density at radius 2 is 1.92 bits per heavy atom. The van der Waals surface area contributed by atoms with Gasteiger partial charge in [-0.2, -0.15) is 0 Å². The molecule has 3 amide bonds. The van der Waals surface area contributed by atoms with Crippen molar-refractivity contribution in [3.63, 3.8) is 0 Å². The Balaban J connectivity index is 1.69. The summed E-state index contributed by atoms with van der Waals surface area (Å²) in [6.45, 7) is 2.78. The maximum atomic E-state index is 12.1. The second-order valence-corrected chi connectivity index (χ2v) is 6.26. The van der Waals surface area contributed by atoms with Crippen LogP contribution in [0, 0.1) is 0 Å². The largest absolute Gasteiger partial charge is 0.494 e. The van der Waals surface area contributed by atoms with Crippen LogP contribution in [0.5, 0.6) is 5.75 Å². The number of ether oxygens (including phenoxy) is 1. The van der Waals surface area contributed by atoms with Gasteiger partial charge in [-0.1, -0.05) is 11.8 Å². The van der Waals surface area contributed by atoms with Crippen molar-refractivity contribution in [3.8, 4) is 5.75 Å². The SMILES string of the molecule is CCOc1ccc(C(=O)CCC(=O)NCCN2C(=O)CSC2=O)cc1. The lowest BCUT2D eigenvalue weighted by Gasteiger charge is -2.13. The summed E-state index contributed by atoms with van der Waals surface area (Å²) in [5.74, 6) is 0.199. The molecule has 0 aliphatic carbocycles. The molecular formula is C17H20N2O5S. The molecule has 1 N–H and O–H groups in total. The van der Waals surface area contributed by atoms with Gasteiger partial charge >= 0.3 is 0 Å². The monoisotopic (exact) mass is 364 g/mol. The van der Waals surface area contributed by atoms with Crippen LogP contribution in [-0.2, 0) is 9.59 Å². The van der Waals surface area contributed by atoms with E-state index in [0.29, 0.717) is 17.9 Å². The minimum absolute atomic E-state index is 0.0582. The molecule has 1 saturated heterocycles. The highest BCUT2D eigenvalue weighted by molar-refractivity contribution is 8.14. The normalized spacial score (nSPS) is 13.9. The molecule has 25 heavy (non-hydrogen) atoms. The van der Waals surface area contributed by atoms with Gasteiger partial charge in [-0.05, 0) is 31.2 Å². The minimum atomic E-state index is -0.287. The molecular weight excluding hydrogens is 344 g/mol. The first-order valence-electron chi connectivity index (χ1n) is 8.01. The number of Topliss-reactive ketones (excluding diaryl/α,β-unsaturated/α-hetero) is 1. The molecule has 1 fully saturated rings. The highest BCUT2D eigenvalue weighted by Gasteiger charge is 2.29. The Hall–Kier alpha value is -2.35. The van der Waals surface area contributed by atoms with Crippen LogP contribution in [0.3, 0.4) is 0 Å². The molecule has 1 aliphatic heterocycles. The van der Waals surface area contributed by atoms with Gasteiger partial charge in [-0.3, -0.25) is 24.1 Å². The van der Waals surface area contributed by atoms with E-state index in [1.807, 2.05) is 6.92 Å². The van der Waals surface area contributed by atoms with Gasteiger partial charge in [0.05, 0.1) is 12.4 Å². The van der Waals surface area contributed by atoms with Crippen molar-refractivity contribution in [2.24, 2.45) is 0 Å². The molecule has 0 unspecified atom stereocenters. The van der Waals surface area contributed by atoms with E-state index in [2.05, 4.69) is 5.32 Å². The Morgan fingerprint density at radius 3 is 2.52 bits per heavy atom. The van der Waals surface area contributed by atoms with Crippen molar-refractivity contribution in [2.45, 2.75) is 19.8 Å². The standard InChI is InChI=1S/C17H20N2O5S/c1-2-24-13-5-3-12(4-6-13)14(20)7-8-15(21)18-9-10-19-16(22)11-25-17(19)23/h3-6H,2,7-11H2,1H3,(H,18,21). The summed E-state index contributed by atoms with van der Waals surface area (Å²) in [7, 11) is 0. The van der Waals surface area contributed by atoms with Gasteiger partial charge in [-0.25, -0.2) is 0 Å². The molecule has 1 aromatic rings. The Bertz CT molecular complexity index is 644. The summed E-state index contributed by atoms with van der Waals surface area (Å²) in [6.07, 6.45) is 0.153. The van der Waals surface area contributed by atoms with Crippen molar-refractivity contribution in [3.05, 3.63) is 29.8 Å². The van der Waals surface area contributed by atoms with Crippen LogP contribution in [0.4, 0.5) is 4.79 Å². The molecule has 134 valence electrons. The third-order valence-corrected chi connectivity index (χ3v) is 4.42. The molecule has 0 aromatic heterocycles. The van der Waals surface area contributed by atoms with Gasteiger partial charge in [0.2, 0.25) is 11.8 Å². The van der Waals surface area contributed by atoms with Crippen molar-refractivity contribution in [1.82, 2.24) is 10.2 Å². The summed E-state index contributed by atoms with van der Waals surface area (Å²) in [4.78, 5) is 47.8. The zero-order chi connectivity index (χ0) is 18.2. The van der Waals surface area contributed by atoms with Gasteiger partial charge in [0.1, 0.15) is 5.75 Å². The number of benzene rings is 1. The van der Waals surface area contributed by atoms with Gasteiger partial charge in [0.25, 0.3) is 5.24 Å². The molecule has 0 spiro atoms. The predicted molar refractivity (Wildman–Crippen MR) is 93.8 cm³/mol. The Kier molecular flexibility index (Phi) is 7.00. The fourth-order valence-corrected chi connectivity index (χ4v) is 3.02. The summed E-state index contributed by atoms with van der Waals surface area (Å²) in [5, 5.41) is 2.33. The van der Waals surface area contributed by atoms with E-state index in [0.717, 1.165) is 16.7 Å². The van der Waals surface area contributed by atoms with Crippen molar-refractivity contribution in [1.29, 1.82) is 0 Å². The first-order valence-corrected chi connectivity index (χ1v) is 8.99. The second kappa shape index (κ2) is 9.22. The van der Waals surface area contributed by atoms with E-state index in [4.69, 9.17) is 4.74 Å². The van der Waals surface area contributed by atoms with Crippen LogP contribution >= 0.6 is 11.8 Å². The van der Waals surface area contributed by atoms with E-state index in [-0.39, 0.29) is 54.5 Å². The maximum Gasteiger partial charge on any atom is 0.288 e. The molecule has 2 rings (SSSR count). The number of thioether (sulfide) groups is 1. The van der Waals surface area contributed by atoms with Gasteiger partial charge in [0, 0.05) is 31.5 Å². The van der Waals surface area contributed by atoms with E-state index in [9.17, 15) is 19.2 Å². The fraction of sp³-hybridized carbons (Fsp3) is 0.412. The zero-order valence-corrected chi connectivity index (χ0v) is 14.8. The van der Waals surface area contributed by atoms with Gasteiger partial charge in [0.15, 0.2) is 5.78 Å². The minimum Gasteiger partial charge on any atom is -0.494 e. The lowest BCUT2D eigenvalue weighted by atomic mass is 10.1. The summed E-state index contributed by atoms with van der Waals surface area (Å²) in [6, 6.07) is 6.79. The molecule has 0 bridgehead atoms. The molecule has 0 atom stereocenters. The quantitative estimate of drug-likeness (QED) is 0.673. The lowest BCUT2D eigenvalue weighted by Crippen LogP contribution is -2.37. The maximum absolute atomic E-state index is 12.1. The van der Waals surface area contributed by atoms with Crippen LogP contribution in [0.15, 0.2) is 24.3 Å². The first-order chi connectivity index (χ1) is 12.0. The number of imide groups is 1. The van der Waals surface area contributed by atoms with Gasteiger partial charge in [-0.15, -0.1) is 0 Å². The van der Waals surface area contributed by atoms with Crippen LogP contribution in [0.1, 0.15) is 30.1 Å². The average molecular weight is 364 g/mol. The summed E-state index contributed by atoms with van der Waals surface area (Å²) >= 11 is 0.959. The van der Waals surface area contributed by atoms with Gasteiger partial charge < -0.3 is 10.1 Å². The van der Waals surface area contributed by atoms with Crippen LogP contribution in [0.2, 0.25) is 0 Å². The number of hydrogen-bond donors (Lipinski definition) is 1. The summed E-state index contributed by atoms with van der Waals surface area (Å²) < 4.78 is 5.31. The van der Waals surface area contributed by atoms with E-state index in [1.54, 1.807) is 24.3 Å². The zero-order valence-electron chi connectivity index (χ0n) is 13.9. The van der Waals surface area contributed by atoms with Crippen LogP contribution in [0.25, 0.3) is 0 Å². The Morgan fingerprint density at radius 1 is 1.20 bits per heavy atom. The number of carbonyl (C=O) groups is 4. The van der Waals surface area contributed by atoms with E-state index in [1.165, 1.54) is 0 Å². The highest BCUT2D eigenvalue weighted by Crippen LogP contribution is 2.17. The number of carbonyl (C=O) groups excluding carboxylic acids is 4. The smallest absolute Gasteiger partial charge is 0.288 e. The number of amides is 3. The third kappa shape index (κ3) is 5.60. The Labute approximate surface area is 150 Å². The highest BCUT2D eigenvalue weighted by atomic mass is 32.2. The molecule has 7 nitrogen and oxygen atoms in total. The number of hydrogen-bond acceptors (Lipinski definition) is 6. The number of ketones is 1. The molecule has 0 radical (unpaired) electrons. The molecule has 1 aromatic carbocycles. The summed E-state index contributed by atoms with van der Waals surface area (Å²) in [5.41, 5.74) is 0.529. The topological polar surface area (TPSA) is 92.8 Å². The predicted octanol–water partition coefficient (Wildman–Crippen LogP) is 1.86. The molecule has 0 saturated carbocycles. The lowest BCUT2D eigenvalue weighted by molar-refractivity contribution is -0.125. The van der Waals surface area contributed by atoms with Crippen molar-refractivity contribution >= 4 is 34.6 Å². The fourth-order valence-electron chi connectivity index (χ4n) is 2.27. The average Bonchev–Trinajstić information content (AvgIpc) is 2.92. The number of rotatable bonds is 9. The van der Waals surface area contributed by atoms with Crippen LogP contribution < -0.4 is 10.1 Å². The molecule has 1 heterocycles. The second-order valence-electron chi connectivity index (χ2n) is 5.33.